The summed E-state index contributed by atoms with van der Waals surface area (Å²) in [5.74, 6) is 0.689. The minimum atomic E-state index is -0.0967. The second-order valence-corrected chi connectivity index (χ2v) is 6.25. The number of carbonyl (C=O) groups excluding carboxylic acids is 1. The van der Waals surface area contributed by atoms with Crippen LogP contribution >= 0.6 is 11.5 Å². The molecule has 0 fully saturated rings. The minimum absolute atomic E-state index is 0.0967. The molecule has 0 bridgehead atoms. The third-order valence-electron chi connectivity index (χ3n) is 3.73. The fraction of sp³-hybridized carbons (Fsp3) is 0.211. The summed E-state index contributed by atoms with van der Waals surface area (Å²) in [6, 6.07) is 17.5. The van der Waals surface area contributed by atoms with Crippen molar-refractivity contribution in [2.45, 2.75) is 20.4 Å². The standard InChI is InChI=1S/C19H19N3O2S/c1-3-24-17-11-9-16(10-12-17)22(13-15-7-5-4-6-8-15)19(23)18-14(2)20-21-25-18/h4-12H,3,13H2,1-2H3. The van der Waals surface area contributed by atoms with Crippen molar-refractivity contribution < 1.29 is 9.53 Å². The van der Waals surface area contributed by atoms with Gasteiger partial charge in [-0.3, -0.25) is 4.79 Å². The van der Waals surface area contributed by atoms with Crippen LogP contribution in [-0.2, 0) is 6.54 Å². The van der Waals surface area contributed by atoms with E-state index in [2.05, 4.69) is 9.59 Å². The summed E-state index contributed by atoms with van der Waals surface area (Å²) in [5.41, 5.74) is 2.52. The van der Waals surface area contributed by atoms with E-state index in [4.69, 9.17) is 4.74 Å². The molecule has 5 nitrogen and oxygen atoms in total. The molecule has 1 amide bonds. The Balaban J connectivity index is 1.93. The van der Waals surface area contributed by atoms with Crippen LogP contribution < -0.4 is 9.64 Å². The van der Waals surface area contributed by atoms with Gasteiger partial charge in [0.25, 0.3) is 5.91 Å². The topological polar surface area (TPSA) is 55.3 Å². The Hall–Kier alpha value is -2.73. The molecule has 0 unspecified atom stereocenters. The van der Waals surface area contributed by atoms with Gasteiger partial charge < -0.3 is 9.64 Å². The number of nitrogens with zero attached hydrogens (tertiary/aromatic N) is 3. The fourth-order valence-corrected chi connectivity index (χ4v) is 3.09. The lowest BCUT2D eigenvalue weighted by Crippen LogP contribution is -2.30. The van der Waals surface area contributed by atoms with E-state index >= 15 is 0 Å². The molecule has 1 aromatic heterocycles. The van der Waals surface area contributed by atoms with Crippen LogP contribution in [0.5, 0.6) is 5.75 Å². The third-order valence-corrected chi connectivity index (χ3v) is 4.55. The predicted octanol–water partition coefficient (Wildman–Crippen LogP) is 4.09. The van der Waals surface area contributed by atoms with Gasteiger partial charge in [-0.15, -0.1) is 5.10 Å². The van der Waals surface area contributed by atoms with Crippen molar-refractivity contribution in [3.8, 4) is 5.75 Å². The summed E-state index contributed by atoms with van der Waals surface area (Å²) < 4.78 is 9.38. The molecule has 3 rings (SSSR count). The third kappa shape index (κ3) is 4.03. The lowest BCUT2D eigenvalue weighted by atomic mass is 10.2. The van der Waals surface area contributed by atoms with Crippen LogP contribution in [0.1, 0.15) is 27.9 Å². The molecule has 1 heterocycles. The Labute approximate surface area is 151 Å². The molecule has 0 atom stereocenters. The Morgan fingerprint density at radius 3 is 2.44 bits per heavy atom. The number of aryl methyl sites for hydroxylation is 1. The first-order valence-electron chi connectivity index (χ1n) is 8.06. The van der Waals surface area contributed by atoms with Crippen LogP contribution in [0.4, 0.5) is 5.69 Å². The van der Waals surface area contributed by atoms with E-state index in [1.807, 2.05) is 61.5 Å². The van der Waals surface area contributed by atoms with Gasteiger partial charge in [-0.1, -0.05) is 34.8 Å². The number of benzene rings is 2. The van der Waals surface area contributed by atoms with Gasteiger partial charge in [0.1, 0.15) is 10.6 Å². The highest BCUT2D eigenvalue weighted by atomic mass is 32.1. The molecule has 3 aromatic rings. The van der Waals surface area contributed by atoms with Gasteiger partial charge in [0, 0.05) is 5.69 Å². The summed E-state index contributed by atoms with van der Waals surface area (Å²) >= 11 is 1.13. The quantitative estimate of drug-likeness (QED) is 0.670. The van der Waals surface area contributed by atoms with Gasteiger partial charge in [-0.25, -0.2) is 0 Å². The van der Waals surface area contributed by atoms with Gasteiger partial charge in [0.15, 0.2) is 0 Å². The molecule has 0 radical (unpaired) electrons. The normalized spacial score (nSPS) is 10.5. The monoisotopic (exact) mass is 353 g/mol. The Morgan fingerprint density at radius 1 is 1.12 bits per heavy atom. The highest BCUT2D eigenvalue weighted by molar-refractivity contribution is 7.08. The summed E-state index contributed by atoms with van der Waals surface area (Å²) in [7, 11) is 0. The number of hydrogen-bond acceptors (Lipinski definition) is 5. The molecule has 0 saturated carbocycles. The summed E-state index contributed by atoms with van der Waals surface area (Å²) in [6.07, 6.45) is 0. The number of hydrogen-bond donors (Lipinski definition) is 0. The molecule has 0 aliphatic carbocycles. The largest absolute Gasteiger partial charge is 0.494 e. The second kappa shape index (κ2) is 7.90. The van der Waals surface area contributed by atoms with Crippen LogP contribution in [0.3, 0.4) is 0 Å². The number of amides is 1. The maximum Gasteiger partial charge on any atom is 0.272 e. The van der Waals surface area contributed by atoms with Crippen LogP contribution in [-0.4, -0.2) is 22.1 Å². The number of carbonyl (C=O) groups is 1. The molecule has 0 saturated heterocycles. The average Bonchev–Trinajstić information content (AvgIpc) is 3.07. The zero-order valence-electron chi connectivity index (χ0n) is 14.2. The lowest BCUT2D eigenvalue weighted by Gasteiger charge is -2.23. The SMILES string of the molecule is CCOc1ccc(N(Cc2ccccc2)C(=O)c2snnc2C)cc1. The van der Waals surface area contributed by atoms with Crippen LogP contribution in [0.25, 0.3) is 0 Å². The molecule has 128 valence electrons. The molecule has 0 aliphatic heterocycles. The lowest BCUT2D eigenvalue weighted by molar-refractivity contribution is 0.0988. The minimum Gasteiger partial charge on any atom is -0.494 e. The number of anilines is 1. The average molecular weight is 353 g/mol. The first kappa shape index (κ1) is 17.1. The van der Waals surface area contributed by atoms with Crippen LogP contribution in [0.15, 0.2) is 54.6 Å². The van der Waals surface area contributed by atoms with E-state index < -0.39 is 0 Å². The van der Waals surface area contributed by atoms with Crippen LogP contribution in [0.2, 0.25) is 0 Å². The van der Waals surface area contributed by atoms with E-state index in [1.165, 1.54) is 0 Å². The van der Waals surface area contributed by atoms with Crippen molar-refractivity contribution in [1.82, 2.24) is 9.59 Å². The van der Waals surface area contributed by atoms with Gasteiger partial charge in [0.2, 0.25) is 0 Å². The zero-order valence-corrected chi connectivity index (χ0v) is 15.0. The van der Waals surface area contributed by atoms with Crippen molar-refractivity contribution in [2.24, 2.45) is 0 Å². The van der Waals surface area contributed by atoms with Crippen molar-refractivity contribution in [3.05, 3.63) is 70.7 Å². The molecule has 25 heavy (non-hydrogen) atoms. The van der Waals surface area contributed by atoms with Gasteiger partial charge >= 0.3 is 0 Å². The zero-order chi connectivity index (χ0) is 17.6. The second-order valence-electron chi connectivity index (χ2n) is 5.49. The van der Waals surface area contributed by atoms with Crippen molar-refractivity contribution in [3.63, 3.8) is 0 Å². The number of ether oxygens (including phenoxy) is 1. The Kier molecular flexibility index (Phi) is 5.40. The van der Waals surface area contributed by atoms with Crippen molar-refractivity contribution >= 4 is 23.1 Å². The van der Waals surface area contributed by atoms with Crippen molar-refractivity contribution in [1.29, 1.82) is 0 Å². The molecule has 0 N–H and O–H groups in total. The van der Waals surface area contributed by atoms with E-state index in [1.54, 1.807) is 11.8 Å². The maximum atomic E-state index is 13.1. The first-order valence-corrected chi connectivity index (χ1v) is 8.84. The molecule has 6 heteroatoms. The number of aromatic nitrogens is 2. The Morgan fingerprint density at radius 2 is 1.84 bits per heavy atom. The highest BCUT2D eigenvalue weighted by Crippen LogP contribution is 2.25. The van der Waals surface area contributed by atoms with E-state index in [0.29, 0.717) is 23.7 Å². The number of rotatable bonds is 6. The summed E-state index contributed by atoms with van der Waals surface area (Å²) in [5, 5.41) is 3.96. The highest BCUT2D eigenvalue weighted by Gasteiger charge is 2.22. The predicted molar refractivity (Wildman–Crippen MR) is 99.2 cm³/mol. The van der Waals surface area contributed by atoms with Gasteiger partial charge in [-0.05, 0) is 55.2 Å². The fourth-order valence-electron chi connectivity index (χ4n) is 2.49. The van der Waals surface area contributed by atoms with Gasteiger partial charge in [-0.2, -0.15) is 0 Å². The first-order chi connectivity index (χ1) is 12.2. The summed E-state index contributed by atoms with van der Waals surface area (Å²) in [6.45, 7) is 4.83. The van der Waals surface area contributed by atoms with E-state index in [-0.39, 0.29) is 5.91 Å². The molecular weight excluding hydrogens is 334 g/mol. The van der Waals surface area contributed by atoms with Gasteiger partial charge in [0.05, 0.1) is 18.8 Å². The summed E-state index contributed by atoms with van der Waals surface area (Å²) in [4.78, 5) is 15.4. The van der Waals surface area contributed by atoms with E-state index in [0.717, 1.165) is 28.5 Å². The molecule has 0 aliphatic rings. The molecule has 2 aromatic carbocycles. The van der Waals surface area contributed by atoms with Crippen LogP contribution in [0, 0.1) is 6.92 Å². The molecule has 0 spiro atoms. The van der Waals surface area contributed by atoms with Crippen molar-refractivity contribution in [2.75, 3.05) is 11.5 Å². The van der Waals surface area contributed by atoms with E-state index in [9.17, 15) is 4.79 Å². The smallest absolute Gasteiger partial charge is 0.272 e. The maximum absolute atomic E-state index is 13.1. The molecular formula is C19H19N3O2S. The Bertz CT molecular complexity index is 831.